The van der Waals surface area contributed by atoms with Crippen molar-refractivity contribution >= 4 is 45.5 Å². The number of esters is 2. The summed E-state index contributed by atoms with van der Waals surface area (Å²) in [7, 11) is 1.28. The molecule has 23 heavy (non-hydrogen) atoms. The monoisotopic (exact) mass is 353 g/mol. The average Bonchev–Trinajstić information content (AvgIpc) is 3.14. The molecule has 1 N–H and O–H groups in total. The highest BCUT2D eigenvalue weighted by Gasteiger charge is 2.22. The molecule has 2 rings (SSSR count). The number of methoxy groups -OCH3 is 1. The van der Waals surface area contributed by atoms with Gasteiger partial charge in [-0.25, -0.2) is 9.59 Å². The predicted octanol–water partition coefficient (Wildman–Crippen LogP) is 3.01. The number of nitrogens with one attached hydrogen (secondary N) is 1. The molecule has 0 aliphatic rings. The van der Waals surface area contributed by atoms with E-state index in [0.29, 0.717) is 15.4 Å². The Bertz CT molecular complexity index is 733. The van der Waals surface area contributed by atoms with E-state index in [2.05, 4.69) is 5.32 Å². The van der Waals surface area contributed by atoms with Gasteiger partial charge in [-0.2, -0.15) is 0 Å². The van der Waals surface area contributed by atoms with Crippen LogP contribution in [0.5, 0.6) is 0 Å². The third-order valence-corrected chi connectivity index (χ3v) is 5.06. The van der Waals surface area contributed by atoms with Crippen LogP contribution in [0.25, 0.3) is 0 Å². The lowest BCUT2D eigenvalue weighted by Gasteiger charge is -2.06. The van der Waals surface area contributed by atoms with Gasteiger partial charge in [0.25, 0.3) is 5.91 Å². The van der Waals surface area contributed by atoms with Crippen LogP contribution in [-0.4, -0.2) is 31.6 Å². The second kappa shape index (κ2) is 7.38. The van der Waals surface area contributed by atoms with Crippen LogP contribution in [0, 0.1) is 13.8 Å². The standard InChI is InChI=1S/C15H15NO5S2/c1-8-9(2)23-13(12(8)15(19)20-3)16-11(17)7-21-14(18)10-5-4-6-22-10/h4-6H,7H2,1-3H3,(H,16,17). The number of ether oxygens (including phenoxy) is 2. The molecule has 0 bridgehead atoms. The Hall–Kier alpha value is -2.19. The predicted molar refractivity (Wildman–Crippen MR) is 88.4 cm³/mol. The quantitative estimate of drug-likeness (QED) is 0.836. The molecule has 0 spiro atoms. The van der Waals surface area contributed by atoms with E-state index in [1.54, 1.807) is 24.4 Å². The summed E-state index contributed by atoms with van der Waals surface area (Å²) in [5.74, 6) is -1.58. The second-order valence-corrected chi connectivity index (χ2v) is 6.75. The molecule has 2 aromatic heterocycles. The molecule has 122 valence electrons. The molecule has 0 unspecified atom stereocenters. The zero-order chi connectivity index (χ0) is 17.0. The van der Waals surface area contributed by atoms with E-state index in [1.807, 2.05) is 6.92 Å². The maximum atomic E-state index is 11.9. The van der Waals surface area contributed by atoms with Crippen LogP contribution in [0.1, 0.15) is 30.5 Å². The van der Waals surface area contributed by atoms with E-state index in [1.165, 1.54) is 29.8 Å². The molecule has 2 heterocycles. The summed E-state index contributed by atoms with van der Waals surface area (Å²) in [5, 5.41) is 4.73. The van der Waals surface area contributed by atoms with Crippen molar-refractivity contribution in [3.8, 4) is 0 Å². The minimum atomic E-state index is -0.554. The molecule has 2 aromatic rings. The van der Waals surface area contributed by atoms with Gasteiger partial charge in [-0.05, 0) is 30.9 Å². The molecule has 8 heteroatoms. The smallest absolute Gasteiger partial charge is 0.348 e. The van der Waals surface area contributed by atoms with Crippen LogP contribution in [0.15, 0.2) is 17.5 Å². The van der Waals surface area contributed by atoms with Gasteiger partial charge in [-0.1, -0.05) is 6.07 Å². The van der Waals surface area contributed by atoms with E-state index in [4.69, 9.17) is 9.47 Å². The average molecular weight is 353 g/mol. The first-order valence-electron chi connectivity index (χ1n) is 6.62. The molecule has 0 atom stereocenters. The maximum absolute atomic E-state index is 11.9. The lowest BCUT2D eigenvalue weighted by Crippen LogP contribution is -2.21. The number of anilines is 1. The largest absolute Gasteiger partial charge is 0.465 e. The summed E-state index contributed by atoms with van der Waals surface area (Å²) >= 11 is 2.51. The number of aryl methyl sites for hydroxylation is 1. The van der Waals surface area contributed by atoms with Crippen molar-refractivity contribution in [3.05, 3.63) is 38.4 Å². The highest BCUT2D eigenvalue weighted by molar-refractivity contribution is 7.16. The van der Waals surface area contributed by atoms with Gasteiger partial charge < -0.3 is 14.8 Å². The first-order chi connectivity index (χ1) is 10.9. The van der Waals surface area contributed by atoms with Crippen molar-refractivity contribution in [2.75, 3.05) is 19.0 Å². The molecular weight excluding hydrogens is 338 g/mol. The molecule has 0 fully saturated rings. The number of hydrogen-bond acceptors (Lipinski definition) is 7. The summed E-state index contributed by atoms with van der Waals surface area (Å²) in [6, 6.07) is 3.34. The second-order valence-electron chi connectivity index (χ2n) is 4.58. The minimum absolute atomic E-state index is 0.327. The Morgan fingerprint density at radius 1 is 1.22 bits per heavy atom. The number of amides is 1. The molecule has 0 aliphatic carbocycles. The molecule has 0 saturated carbocycles. The van der Waals surface area contributed by atoms with E-state index in [0.717, 1.165) is 10.4 Å². The number of rotatable bonds is 5. The molecular formula is C15H15NO5S2. The molecule has 1 amide bonds. The topological polar surface area (TPSA) is 81.7 Å². The lowest BCUT2D eigenvalue weighted by molar-refractivity contribution is -0.119. The van der Waals surface area contributed by atoms with E-state index in [-0.39, 0.29) is 0 Å². The highest BCUT2D eigenvalue weighted by atomic mass is 32.1. The first-order valence-corrected chi connectivity index (χ1v) is 8.32. The molecule has 0 aliphatic heterocycles. The van der Waals surface area contributed by atoms with Gasteiger partial charge in [-0.3, -0.25) is 4.79 Å². The third-order valence-electron chi connectivity index (χ3n) is 3.08. The van der Waals surface area contributed by atoms with Gasteiger partial charge in [0.05, 0.1) is 12.7 Å². The van der Waals surface area contributed by atoms with Crippen LogP contribution in [0.3, 0.4) is 0 Å². The van der Waals surface area contributed by atoms with E-state index >= 15 is 0 Å². The molecule has 0 saturated heterocycles. The zero-order valence-corrected chi connectivity index (χ0v) is 14.4. The fourth-order valence-electron chi connectivity index (χ4n) is 1.82. The SMILES string of the molecule is COC(=O)c1c(NC(=O)COC(=O)c2cccs2)sc(C)c1C. The minimum Gasteiger partial charge on any atom is -0.465 e. The normalized spacial score (nSPS) is 10.2. The van der Waals surface area contributed by atoms with Crippen LogP contribution in [0.2, 0.25) is 0 Å². The van der Waals surface area contributed by atoms with Gasteiger partial charge >= 0.3 is 11.9 Å². The highest BCUT2D eigenvalue weighted by Crippen LogP contribution is 2.32. The first kappa shape index (κ1) is 17.2. The fourth-order valence-corrected chi connectivity index (χ4v) is 3.50. The summed E-state index contributed by atoms with van der Waals surface area (Å²) in [6.45, 7) is 3.21. The fraction of sp³-hybridized carbons (Fsp3) is 0.267. The lowest BCUT2D eigenvalue weighted by atomic mass is 10.1. The van der Waals surface area contributed by atoms with E-state index in [9.17, 15) is 14.4 Å². The van der Waals surface area contributed by atoms with Gasteiger partial charge in [0, 0.05) is 4.88 Å². The Kier molecular flexibility index (Phi) is 5.51. The summed E-state index contributed by atoms with van der Waals surface area (Å²) in [6.07, 6.45) is 0. The molecule has 6 nitrogen and oxygen atoms in total. The summed E-state index contributed by atoms with van der Waals surface area (Å²) in [5.41, 5.74) is 1.08. The van der Waals surface area contributed by atoms with E-state index < -0.39 is 24.5 Å². The summed E-state index contributed by atoms with van der Waals surface area (Å²) < 4.78 is 9.66. The maximum Gasteiger partial charge on any atom is 0.348 e. The Morgan fingerprint density at radius 2 is 1.96 bits per heavy atom. The van der Waals surface area contributed by atoms with Crippen molar-refractivity contribution in [1.29, 1.82) is 0 Å². The molecule has 0 radical (unpaired) electrons. The Balaban J connectivity index is 2.02. The van der Waals surface area contributed by atoms with Crippen LogP contribution in [-0.2, 0) is 14.3 Å². The Labute approximate surface area is 141 Å². The van der Waals surface area contributed by atoms with Crippen molar-refractivity contribution in [1.82, 2.24) is 0 Å². The van der Waals surface area contributed by atoms with Crippen LogP contribution < -0.4 is 5.32 Å². The number of carbonyl (C=O) groups excluding carboxylic acids is 3. The van der Waals surface area contributed by atoms with Gasteiger partial charge in [0.1, 0.15) is 9.88 Å². The third kappa shape index (κ3) is 3.96. The van der Waals surface area contributed by atoms with Gasteiger partial charge in [0.15, 0.2) is 6.61 Å². The molecule has 0 aromatic carbocycles. The zero-order valence-electron chi connectivity index (χ0n) is 12.8. The van der Waals surface area contributed by atoms with Crippen molar-refractivity contribution < 1.29 is 23.9 Å². The number of hydrogen-bond donors (Lipinski definition) is 1. The van der Waals surface area contributed by atoms with Crippen LogP contribution >= 0.6 is 22.7 Å². The number of thiophene rings is 2. The van der Waals surface area contributed by atoms with Crippen molar-refractivity contribution in [3.63, 3.8) is 0 Å². The van der Waals surface area contributed by atoms with Crippen LogP contribution in [0.4, 0.5) is 5.00 Å². The van der Waals surface area contributed by atoms with Gasteiger partial charge in [-0.15, -0.1) is 22.7 Å². The number of carbonyl (C=O) groups is 3. The van der Waals surface area contributed by atoms with Crippen molar-refractivity contribution in [2.45, 2.75) is 13.8 Å². The Morgan fingerprint density at radius 3 is 2.57 bits per heavy atom. The summed E-state index contributed by atoms with van der Waals surface area (Å²) in [4.78, 5) is 36.8. The van der Waals surface area contributed by atoms with Gasteiger partial charge in [0.2, 0.25) is 0 Å². The van der Waals surface area contributed by atoms with Crippen molar-refractivity contribution in [2.24, 2.45) is 0 Å².